The van der Waals surface area contributed by atoms with Gasteiger partial charge in [0.15, 0.2) is 0 Å². The molecule has 1 amide bonds. The van der Waals surface area contributed by atoms with Crippen LogP contribution in [0.15, 0.2) is 0 Å². The summed E-state index contributed by atoms with van der Waals surface area (Å²) in [5.41, 5.74) is 0. The molecule has 1 unspecified atom stereocenters. The molecule has 0 heterocycles. The molecule has 0 saturated heterocycles. The zero-order valence-electron chi connectivity index (χ0n) is 7.88. The van der Waals surface area contributed by atoms with Crippen molar-refractivity contribution in [2.75, 3.05) is 5.88 Å². The number of alkyl halides is 1. The summed E-state index contributed by atoms with van der Waals surface area (Å²) >= 11 is 5.51. The van der Waals surface area contributed by atoms with Gasteiger partial charge in [-0.15, -0.1) is 11.6 Å². The number of halogens is 1. The van der Waals surface area contributed by atoms with E-state index in [1.165, 1.54) is 12.8 Å². The molecule has 0 bridgehead atoms. The number of carbonyl (C=O) groups is 1. The Morgan fingerprint density at radius 1 is 1.62 bits per heavy atom. The fraction of sp³-hybridized carbons (Fsp3) is 0.889. The van der Waals surface area contributed by atoms with Gasteiger partial charge in [0.2, 0.25) is 0 Å². The smallest absolute Gasteiger partial charge is 0.407 e. The summed E-state index contributed by atoms with van der Waals surface area (Å²) in [7, 11) is 0. The molecule has 4 heteroatoms. The van der Waals surface area contributed by atoms with E-state index in [9.17, 15) is 4.79 Å². The first-order chi connectivity index (χ1) is 6.22. The van der Waals surface area contributed by atoms with Crippen molar-refractivity contribution in [3.8, 4) is 0 Å². The average Bonchev–Trinajstić information content (AvgIpc) is 2.56. The molecule has 1 rings (SSSR count). The highest BCUT2D eigenvalue weighted by Crippen LogP contribution is 2.17. The van der Waals surface area contributed by atoms with E-state index in [1.807, 2.05) is 0 Å². The van der Waals surface area contributed by atoms with Crippen LogP contribution < -0.4 is 5.32 Å². The number of rotatable bonds is 3. The van der Waals surface area contributed by atoms with Gasteiger partial charge < -0.3 is 10.1 Å². The maximum Gasteiger partial charge on any atom is 0.407 e. The van der Waals surface area contributed by atoms with Gasteiger partial charge in [0.25, 0.3) is 0 Å². The normalized spacial score (nSPS) is 19.8. The standard InChI is InChI=1S/C9H16ClNO2/c1-7(6-10)13-9(12)11-8-4-2-3-5-8/h7-8H,2-6H2,1H3,(H,11,12). The van der Waals surface area contributed by atoms with Crippen molar-refractivity contribution in [2.45, 2.75) is 44.8 Å². The van der Waals surface area contributed by atoms with Gasteiger partial charge >= 0.3 is 6.09 Å². The van der Waals surface area contributed by atoms with Crippen molar-refractivity contribution in [1.82, 2.24) is 5.32 Å². The van der Waals surface area contributed by atoms with Gasteiger partial charge in [0, 0.05) is 6.04 Å². The monoisotopic (exact) mass is 205 g/mol. The molecule has 76 valence electrons. The van der Waals surface area contributed by atoms with E-state index in [4.69, 9.17) is 16.3 Å². The van der Waals surface area contributed by atoms with Crippen molar-refractivity contribution in [3.63, 3.8) is 0 Å². The molecule has 0 aromatic heterocycles. The second kappa shape index (κ2) is 5.32. The Labute approximate surface area is 83.8 Å². The molecule has 1 N–H and O–H groups in total. The van der Waals surface area contributed by atoms with E-state index in [1.54, 1.807) is 6.92 Å². The Balaban J connectivity index is 2.16. The molecular formula is C9H16ClNO2. The van der Waals surface area contributed by atoms with Crippen molar-refractivity contribution < 1.29 is 9.53 Å². The van der Waals surface area contributed by atoms with Gasteiger partial charge in [-0.2, -0.15) is 0 Å². The number of carbonyl (C=O) groups excluding carboxylic acids is 1. The van der Waals surface area contributed by atoms with Gasteiger partial charge in [0.05, 0.1) is 5.88 Å². The van der Waals surface area contributed by atoms with Crippen LogP contribution in [-0.2, 0) is 4.74 Å². The molecule has 0 spiro atoms. The Bertz CT molecular complexity index is 169. The Morgan fingerprint density at radius 3 is 2.77 bits per heavy atom. The first-order valence-corrected chi connectivity index (χ1v) is 5.29. The minimum atomic E-state index is -0.333. The van der Waals surface area contributed by atoms with E-state index in [-0.39, 0.29) is 12.2 Å². The second-order valence-corrected chi connectivity index (χ2v) is 3.80. The van der Waals surface area contributed by atoms with Crippen LogP contribution in [0.5, 0.6) is 0 Å². The molecule has 0 aromatic rings. The highest BCUT2D eigenvalue weighted by molar-refractivity contribution is 6.18. The van der Waals surface area contributed by atoms with Gasteiger partial charge in [-0.25, -0.2) is 4.79 Å². The maximum atomic E-state index is 11.2. The van der Waals surface area contributed by atoms with Gasteiger partial charge in [-0.3, -0.25) is 0 Å². The zero-order valence-corrected chi connectivity index (χ0v) is 8.64. The fourth-order valence-corrected chi connectivity index (χ4v) is 1.55. The van der Waals surface area contributed by atoms with Gasteiger partial charge in [-0.05, 0) is 19.8 Å². The van der Waals surface area contributed by atoms with Crippen LogP contribution in [0.2, 0.25) is 0 Å². The Hall–Kier alpha value is -0.440. The number of nitrogens with one attached hydrogen (secondary N) is 1. The summed E-state index contributed by atoms with van der Waals surface area (Å²) in [5, 5.41) is 2.82. The molecule has 1 aliphatic carbocycles. The van der Waals surface area contributed by atoms with Gasteiger partial charge in [-0.1, -0.05) is 12.8 Å². The first-order valence-electron chi connectivity index (χ1n) is 4.75. The van der Waals surface area contributed by atoms with E-state index in [2.05, 4.69) is 5.32 Å². The summed E-state index contributed by atoms with van der Waals surface area (Å²) in [4.78, 5) is 11.2. The first kappa shape index (κ1) is 10.6. The number of hydrogen-bond acceptors (Lipinski definition) is 2. The fourth-order valence-electron chi connectivity index (χ4n) is 1.49. The minimum Gasteiger partial charge on any atom is -0.445 e. The lowest BCUT2D eigenvalue weighted by Crippen LogP contribution is -2.35. The third-order valence-electron chi connectivity index (χ3n) is 2.20. The lowest BCUT2D eigenvalue weighted by Gasteiger charge is -2.14. The van der Waals surface area contributed by atoms with Crippen molar-refractivity contribution >= 4 is 17.7 Å². The van der Waals surface area contributed by atoms with Crippen molar-refractivity contribution in [2.24, 2.45) is 0 Å². The average molecular weight is 206 g/mol. The predicted molar refractivity (Wildman–Crippen MR) is 52.1 cm³/mol. The molecule has 1 aliphatic rings. The van der Waals surface area contributed by atoms with Crippen LogP contribution in [0.1, 0.15) is 32.6 Å². The van der Waals surface area contributed by atoms with E-state index < -0.39 is 0 Å². The molecule has 3 nitrogen and oxygen atoms in total. The largest absolute Gasteiger partial charge is 0.445 e. The van der Waals surface area contributed by atoms with Crippen LogP contribution in [0, 0.1) is 0 Å². The predicted octanol–water partition coefficient (Wildman–Crippen LogP) is 2.28. The quantitative estimate of drug-likeness (QED) is 0.718. The highest BCUT2D eigenvalue weighted by Gasteiger charge is 2.18. The summed E-state index contributed by atoms with van der Waals surface area (Å²) < 4.78 is 4.98. The Morgan fingerprint density at radius 2 is 2.23 bits per heavy atom. The molecule has 0 radical (unpaired) electrons. The third kappa shape index (κ3) is 3.85. The van der Waals surface area contributed by atoms with Crippen LogP contribution in [0.3, 0.4) is 0 Å². The second-order valence-electron chi connectivity index (χ2n) is 3.50. The van der Waals surface area contributed by atoms with Crippen molar-refractivity contribution in [1.29, 1.82) is 0 Å². The molecular weight excluding hydrogens is 190 g/mol. The summed E-state index contributed by atoms with van der Waals surface area (Å²) in [6.45, 7) is 1.78. The van der Waals surface area contributed by atoms with Crippen LogP contribution in [0.4, 0.5) is 4.79 Å². The lowest BCUT2D eigenvalue weighted by atomic mass is 10.3. The SMILES string of the molecule is CC(CCl)OC(=O)NC1CCCC1. The van der Waals surface area contributed by atoms with E-state index >= 15 is 0 Å². The van der Waals surface area contributed by atoms with Crippen molar-refractivity contribution in [3.05, 3.63) is 0 Å². The molecule has 1 fully saturated rings. The lowest BCUT2D eigenvalue weighted by molar-refractivity contribution is 0.113. The van der Waals surface area contributed by atoms with Gasteiger partial charge in [0.1, 0.15) is 6.10 Å². The van der Waals surface area contributed by atoms with Crippen LogP contribution in [0.25, 0.3) is 0 Å². The van der Waals surface area contributed by atoms with Crippen LogP contribution in [-0.4, -0.2) is 24.1 Å². The molecule has 13 heavy (non-hydrogen) atoms. The zero-order chi connectivity index (χ0) is 9.68. The third-order valence-corrected chi connectivity index (χ3v) is 2.64. The summed E-state index contributed by atoms with van der Waals surface area (Å²) in [5.74, 6) is 0.345. The highest BCUT2D eigenvalue weighted by atomic mass is 35.5. The van der Waals surface area contributed by atoms with E-state index in [0.717, 1.165) is 12.8 Å². The maximum absolute atomic E-state index is 11.2. The number of alkyl carbamates (subject to hydrolysis) is 1. The number of ether oxygens (including phenoxy) is 1. The molecule has 1 atom stereocenters. The topological polar surface area (TPSA) is 38.3 Å². The molecule has 0 aromatic carbocycles. The summed E-state index contributed by atoms with van der Waals surface area (Å²) in [6, 6.07) is 0.315. The van der Waals surface area contributed by atoms with Crippen LogP contribution >= 0.6 is 11.6 Å². The molecule has 1 saturated carbocycles. The minimum absolute atomic E-state index is 0.205. The molecule has 0 aliphatic heterocycles. The number of amides is 1. The Kier molecular flexibility index (Phi) is 4.36. The number of hydrogen-bond donors (Lipinski definition) is 1. The van der Waals surface area contributed by atoms with E-state index in [0.29, 0.717) is 11.9 Å². The summed E-state index contributed by atoms with van der Waals surface area (Å²) in [6.07, 6.45) is 4.02.